The highest BCUT2D eigenvalue weighted by Gasteiger charge is 2.31. The molecule has 0 spiro atoms. The number of hydrogen-bond acceptors (Lipinski definition) is 4. The maximum atomic E-state index is 12.9. The van der Waals surface area contributed by atoms with Gasteiger partial charge in [0.05, 0.1) is 12.8 Å². The summed E-state index contributed by atoms with van der Waals surface area (Å²) in [6, 6.07) is 22.1. The Balaban J connectivity index is 1.56. The molecule has 4 rings (SSSR count). The first-order chi connectivity index (χ1) is 15.0. The van der Waals surface area contributed by atoms with Gasteiger partial charge in [-0.05, 0) is 72.4 Å². The van der Waals surface area contributed by atoms with Crippen LogP contribution in [0.25, 0.3) is 6.08 Å². The summed E-state index contributed by atoms with van der Waals surface area (Å²) in [4.78, 5) is 14.4. The zero-order valence-corrected chi connectivity index (χ0v) is 18.2. The molecule has 1 saturated heterocycles. The molecule has 1 heterocycles. The summed E-state index contributed by atoms with van der Waals surface area (Å²) in [6.07, 6.45) is 1.77. The number of ether oxygens (including phenoxy) is 2. The van der Waals surface area contributed by atoms with Crippen molar-refractivity contribution in [3.05, 3.63) is 94.6 Å². The van der Waals surface area contributed by atoms with Gasteiger partial charge in [-0.15, -0.1) is 0 Å². The van der Waals surface area contributed by atoms with Crippen molar-refractivity contribution in [3.63, 3.8) is 0 Å². The summed E-state index contributed by atoms with van der Waals surface area (Å²) in [6.45, 7) is 0.303. The Hall–Kier alpha value is -3.35. The monoisotopic (exact) mass is 450 g/mol. The summed E-state index contributed by atoms with van der Waals surface area (Å²) in [5.74, 6) is 1.20. The van der Waals surface area contributed by atoms with Gasteiger partial charge < -0.3 is 14.8 Å². The highest BCUT2D eigenvalue weighted by atomic mass is 35.5. The number of rotatable bonds is 6. The van der Waals surface area contributed by atoms with Crippen LogP contribution in [0.15, 0.2) is 78.5 Å². The van der Waals surface area contributed by atoms with Crippen molar-refractivity contribution in [2.75, 3.05) is 12.0 Å². The SMILES string of the molecule is COc1ccc(/C=C2/NC(=S)N(c3ccccc3)C2=O)cc1COc1ccc(Cl)cc1. The van der Waals surface area contributed by atoms with Crippen LogP contribution < -0.4 is 19.7 Å². The van der Waals surface area contributed by atoms with Crippen LogP contribution >= 0.6 is 23.8 Å². The van der Waals surface area contributed by atoms with E-state index in [9.17, 15) is 4.79 Å². The van der Waals surface area contributed by atoms with Gasteiger partial charge in [-0.1, -0.05) is 35.9 Å². The fraction of sp³-hybridized carbons (Fsp3) is 0.0833. The van der Waals surface area contributed by atoms with Gasteiger partial charge in [-0.2, -0.15) is 0 Å². The van der Waals surface area contributed by atoms with Crippen LogP contribution in [0.3, 0.4) is 0 Å². The number of benzene rings is 3. The number of hydrogen-bond donors (Lipinski definition) is 1. The fourth-order valence-electron chi connectivity index (χ4n) is 3.21. The molecular formula is C24H19ClN2O3S. The molecule has 3 aromatic rings. The lowest BCUT2D eigenvalue weighted by Gasteiger charge is -2.13. The van der Waals surface area contributed by atoms with E-state index in [-0.39, 0.29) is 5.91 Å². The van der Waals surface area contributed by atoms with Crippen LogP contribution in [-0.4, -0.2) is 18.1 Å². The molecule has 31 heavy (non-hydrogen) atoms. The average molecular weight is 451 g/mol. The van der Waals surface area contributed by atoms with Crippen molar-refractivity contribution in [1.29, 1.82) is 0 Å². The van der Waals surface area contributed by atoms with Gasteiger partial charge in [0.1, 0.15) is 23.8 Å². The van der Waals surface area contributed by atoms with E-state index >= 15 is 0 Å². The first-order valence-electron chi connectivity index (χ1n) is 9.52. The minimum atomic E-state index is -0.203. The molecule has 7 heteroatoms. The molecule has 0 aliphatic carbocycles. The molecule has 156 valence electrons. The van der Waals surface area contributed by atoms with Crippen LogP contribution in [0.1, 0.15) is 11.1 Å². The van der Waals surface area contributed by atoms with Crippen molar-refractivity contribution in [3.8, 4) is 11.5 Å². The third-order valence-corrected chi connectivity index (χ3v) is 5.25. The molecule has 5 nitrogen and oxygen atoms in total. The molecule has 1 amide bonds. The Labute approximate surface area is 190 Å². The quantitative estimate of drug-likeness (QED) is 0.413. The lowest BCUT2D eigenvalue weighted by Crippen LogP contribution is -2.30. The predicted molar refractivity (Wildman–Crippen MR) is 126 cm³/mol. The highest BCUT2D eigenvalue weighted by Crippen LogP contribution is 2.26. The van der Waals surface area contributed by atoms with Crippen LogP contribution in [0.2, 0.25) is 5.02 Å². The van der Waals surface area contributed by atoms with Crippen LogP contribution in [0, 0.1) is 0 Å². The van der Waals surface area contributed by atoms with Crippen molar-refractivity contribution in [2.45, 2.75) is 6.61 Å². The van der Waals surface area contributed by atoms with Gasteiger partial charge in [-0.25, -0.2) is 0 Å². The molecule has 0 unspecified atom stereocenters. The summed E-state index contributed by atoms with van der Waals surface area (Å²) in [5, 5.41) is 4.00. The zero-order valence-electron chi connectivity index (χ0n) is 16.7. The minimum Gasteiger partial charge on any atom is -0.496 e. The number of nitrogens with zero attached hydrogens (tertiary/aromatic N) is 1. The number of para-hydroxylation sites is 1. The van der Waals surface area contributed by atoms with E-state index in [1.54, 1.807) is 37.5 Å². The van der Waals surface area contributed by atoms with E-state index < -0.39 is 0 Å². The smallest absolute Gasteiger partial charge is 0.281 e. The minimum absolute atomic E-state index is 0.203. The van der Waals surface area contributed by atoms with Crippen molar-refractivity contribution >= 4 is 46.6 Å². The van der Waals surface area contributed by atoms with Gasteiger partial charge in [0.2, 0.25) is 0 Å². The van der Waals surface area contributed by atoms with Crippen LogP contribution in [0.5, 0.6) is 11.5 Å². The molecule has 0 radical (unpaired) electrons. The second-order valence-electron chi connectivity index (χ2n) is 6.78. The first kappa shape index (κ1) is 20.9. The number of nitrogens with one attached hydrogen (secondary N) is 1. The average Bonchev–Trinajstić information content (AvgIpc) is 3.06. The van der Waals surface area contributed by atoms with Gasteiger partial charge in [0.25, 0.3) is 5.91 Å². The number of halogens is 1. The zero-order chi connectivity index (χ0) is 21.8. The summed E-state index contributed by atoms with van der Waals surface area (Å²) in [5.41, 5.74) is 2.80. The molecule has 3 aromatic carbocycles. The largest absolute Gasteiger partial charge is 0.496 e. The van der Waals surface area contributed by atoms with E-state index in [0.717, 1.165) is 16.8 Å². The van der Waals surface area contributed by atoms with Crippen LogP contribution in [0.4, 0.5) is 5.69 Å². The number of methoxy groups -OCH3 is 1. The van der Waals surface area contributed by atoms with Crippen molar-refractivity contribution < 1.29 is 14.3 Å². The van der Waals surface area contributed by atoms with E-state index in [1.807, 2.05) is 48.5 Å². The molecule has 0 atom stereocenters. The topological polar surface area (TPSA) is 50.8 Å². The maximum absolute atomic E-state index is 12.9. The van der Waals surface area contributed by atoms with Gasteiger partial charge in [0, 0.05) is 10.6 Å². The summed E-state index contributed by atoms with van der Waals surface area (Å²) in [7, 11) is 1.61. The normalized spacial score (nSPS) is 14.6. The standard InChI is InChI=1S/C24H19ClN2O3S/c1-29-22-12-7-16(13-17(22)15-30-20-10-8-18(25)9-11-20)14-21-23(28)27(24(31)26-21)19-5-3-2-4-6-19/h2-14H,15H2,1H3,(H,26,31)/b21-14+. The number of carbonyl (C=O) groups excluding carboxylic acids is 1. The predicted octanol–water partition coefficient (Wildman–Crippen LogP) is 5.19. The molecule has 1 N–H and O–H groups in total. The molecule has 1 aliphatic heterocycles. The number of amides is 1. The lowest BCUT2D eigenvalue weighted by molar-refractivity contribution is -0.113. The van der Waals surface area contributed by atoms with E-state index in [0.29, 0.717) is 33.9 Å². The van der Waals surface area contributed by atoms with Crippen molar-refractivity contribution in [1.82, 2.24) is 5.32 Å². The fourth-order valence-corrected chi connectivity index (χ4v) is 3.63. The number of anilines is 1. The Bertz CT molecular complexity index is 1150. The Morgan fingerprint density at radius 1 is 1.06 bits per heavy atom. The van der Waals surface area contributed by atoms with Crippen LogP contribution in [-0.2, 0) is 11.4 Å². The summed E-state index contributed by atoms with van der Waals surface area (Å²) >= 11 is 11.3. The van der Waals surface area contributed by atoms with E-state index in [1.165, 1.54) is 4.90 Å². The first-order valence-corrected chi connectivity index (χ1v) is 10.3. The molecule has 0 saturated carbocycles. The summed E-state index contributed by atoms with van der Waals surface area (Å²) < 4.78 is 11.3. The van der Waals surface area contributed by atoms with E-state index in [2.05, 4.69) is 5.32 Å². The second kappa shape index (κ2) is 9.20. The molecular weight excluding hydrogens is 432 g/mol. The number of carbonyl (C=O) groups is 1. The third-order valence-electron chi connectivity index (χ3n) is 4.72. The molecule has 1 fully saturated rings. The Morgan fingerprint density at radius 2 is 1.81 bits per heavy atom. The van der Waals surface area contributed by atoms with Gasteiger partial charge in [-0.3, -0.25) is 9.69 Å². The van der Waals surface area contributed by atoms with Crippen molar-refractivity contribution in [2.24, 2.45) is 0 Å². The molecule has 1 aliphatic rings. The Morgan fingerprint density at radius 3 is 2.52 bits per heavy atom. The molecule has 0 bridgehead atoms. The third kappa shape index (κ3) is 4.71. The second-order valence-corrected chi connectivity index (χ2v) is 7.60. The maximum Gasteiger partial charge on any atom is 0.281 e. The van der Waals surface area contributed by atoms with Gasteiger partial charge in [0.15, 0.2) is 5.11 Å². The lowest BCUT2D eigenvalue weighted by atomic mass is 10.1. The van der Waals surface area contributed by atoms with Gasteiger partial charge >= 0.3 is 0 Å². The number of thiocarbonyl (C=S) groups is 1. The Kier molecular flexibility index (Phi) is 6.21. The van der Waals surface area contributed by atoms with E-state index in [4.69, 9.17) is 33.3 Å². The highest BCUT2D eigenvalue weighted by molar-refractivity contribution is 7.80. The molecule has 0 aromatic heterocycles.